The highest BCUT2D eigenvalue weighted by Gasteiger charge is 2.35. The Kier molecular flexibility index (Phi) is 3.61. The van der Waals surface area contributed by atoms with E-state index in [1.54, 1.807) is 17.2 Å². The molecule has 1 saturated carbocycles. The summed E-state index contributed by atoms with van der Waals surface area (Å²) in [5.74, 6) is 0.404. The second-order valence-corrected chi connectivity index (χ2v) is 5.65. The third-order valence-electron chi connectivity index (χ3n) is 3.81. The summed E-state index contributed by atoms with van der Waals surface area (Å²) in [5.41, 5.74) is 0.476. The van der Waals surface area contributed by atoms with Crippen LogP contribution in [0.3, 0.4) is 0 Å². The highest BCUT2D eigenvalue weighted by atomic mass is 35.5. The maximum absolute atomic E-state index is 12.4. The summed E-state index contributed by atoms with van der Waals surface area (Å²) >= 11 is 5.99. The highest BCUT2D eigenvalue weighted by Crippen LogP contribution is 2.31. The van der Waals surface area contributed by atoms with Gasteiger partial charge in [0.15, 0.2) is 0 Å². The van der Waals surface area contributed by atoms with Crippen molar-refractivity contribution >= 4 is 23.4 Å². The first-order valence-electron chi connectivity index (χ1n) is 6.84. The Bertz CT molecular complexity index is 537. The van der Waals surface area contributed by atoms with E-state index >= 15 is 0 Å². The number of hydrogen-bond acceptors (Lipinski definition) is 3. The van der Waals surface area contributed by atoms with Crippen LogP contribution in [0.15, 0.2) is 18.5 Å². The lowest BCUT2D eigenvalue weighted by molar-refractivity contribution is -0.134. The smallest absolute Gasteiger partial charge is 0.255 e. The van der Waals surface area contributed by atoms with E-state index in [9.17, 15) is 9.59 Å². The van der Waals surface area contributed by atoms with Crippen molar-refractivity contribution in [2.24, 2.45) is 5.92 Å². The molecule has 0 bridgehead atoms. The zero-order valence-corrected chi connectivity index (χ0v) is 11.8. The zero-order chi connectivity index (χ0) is 14.1. The molecule has 0 atom stereocenters. The Morgan fingerprint density at radius 3 is 2.40 bits per heavy atom. The molecule has 1 saturated heterocycles. The number of hydrogen-bond donors (Lipinski definition) is 0. The number of carbonyl (C=O) groups is 2. The minimum atomic E-state index is -0.0871. The SMILES string of the molecule is O=C(c1ccncc1Cl)N1CCN(C(=O)C2CC2)CC1. The van der Waals surface area contributed by atoms with Gasteiger partial charge in [-0.05, 0) is 18.9 Å². The zero-order valence-electron chi connectivity index (χ0n) is 11.1. The van der Waals surface area contributed by atoms with Crippen LogP contribution in [-0.2, 0) is 4.79 Å². The van der Waals surface area contributed by atoms with Gasteiger partial charge in [-0.15, -0.1) is 0 Å². The maximum atomic E-state index is 12.4. The Morgan fingerprint density at radius 2 is 1.80 bits per heavy atom. The summed E-state index contributed by atoms with van der Waals surface area (Å²) in [5, 5.41) is 0.369. The minimum Gasteiger partial charge on any atom is -0.339 e. The van der Waals surface area contributed by atoms with Crippen LogP contribution in [0.1, 0.15) is 23.2 Å². The maximum Gasteiger partial charge on any atom is 0.255 e. The van der Waals surface area contributed by atoms with Crippen LogP contribution >= 0.6 is 11.6 Å². The van der Waals surface area contributed by atoms with Crippen molar-refractivity contribution in [1.29, 1.82) is 0 Å². The van der Waals surface area contributed by atoms with Crippen LogP contribution in [0.2, 0.25) is 5.02 Å². The molecule has 20 heavy (non-hydrogen) atoms. The molecule has 5 nitrogen and oxygen atoms in total. The fourth-order valence-corrected chi connectivity index (χ4v) is 2.64. The quantitative estimate of drug-likeness (QED) is 0.829. The summed E-state index contributed by atoms with van der Waals surface area (Å²) < 4.78 is 0. The molecular weight excluding hydrogens is 278 g/mol. The molecule has 2 fully saturated rings. The third kappa shape index (κ3) is 2.63. The highest BCUT2D eigenvalue weighted by molar-refractivity contribution is 6.33. The number of piperazine rings is 1. The Labute approximate surface area is 122 Å². The molecule has 0 radical (unpaired) electrons. The molecule has 2 aliphatic rings. The van der Waals surface area contributed by atoms with Gasteiger partial charge in [0.05, 0.1) is 10.6 Å². The third-order valence-corrected chi connectivity index (χ3v) is 4.11. The molecule has 0 unspecified atom stereocenters. The number of carbonyl (C=O) groups excluding carboxylic acids is 2. The largest absolute Gasteiger partial charge is 0.339 e. The molecule has 106 valence electrons. The van der Waals surface area contributed by atoms with Crippen LogP contribution in [0, 0.1) is 5.92 Å². The van der Waals surface area contributed by atoms with Gasteiger partial charge in [0.1, 0.15) is 0 Å². The molecule has 1 aromatic heterocycles. The summed E-state index contributed by atoms with van der Waals surface area (Å²) in [7, 11) is 0. The number of nitrogens with zero attached hydrogens (tertiary/aromatic N) is 3. The van der Waals surface area contributed by atoms with Gasteiger partial charge in [0.2, 0.25) is 5.91 Å². The fraction of sp³-hybridized carbons (Fsp3) is 0.500. The standard InChI is InChI=1S/C14H16ClN3O2/c15-12-9-16-4-3-11(12)14(20)18-7-5-17(6-8-18)13(19)10-1-2-10/h3-4,9-10H,1-2,5-8H2. The first-order valence-corrected chi connectivity index (χ1v) is 7.22. The molecule has 1 aliphatic carbocycles. The van der Waals surface area contributed by atoms with Gasteiger partial charge in [-0.2, -0.15) is 0 Å². The monoisotopic (exact) mass is 293 g/mol. The normalized spacial score (nSPS) is 19.1. The van der Waals surface area contributed by atoms with Crippen molar-refractivity contribution in [3.05, 3.63) is 29.0 Å². The van der Waals surface area contributed by atoms with Crippen molar-refractivity contribution in [2.75, 3.05) is 26.2 Å². The van der Waals surface area contributed by atoms with E-state index in [0.29, 0.717) is 36.8 Å². The van der Waals surface area contributed by atoms with E-state index in [4.69, 9.17) is 11.6 Å². The number of halogens is 1. The molecular formula is C14H16ClN3O2. The Morgan fingerprint density at radius 1 is 1.15 bits per heavy atom. The fourth-order valence-electron chi connectivity index (χ4n) is 2.44. The average Bonchev–Trinajstić information content (AvgIpc) is 3.31. The second-order valence-electron chi connectivity index (χ2n) is 5.25. The van der Waals surface area contributed by atoms with E-state index < -0.39 is 0 Å². The van der Waals surface area contributed by atoms with E-state index in [1.165, 1.54) is 6.20 Å². The van der Waals surface area contributed by atoms with Crippen LogP contribution in [0.5, 0.6) is 0 Å². The Hall–Kier alpha value is -1.62. The number of aromatic nitrogens is 1. The lowest BCUT2D eigenvalue weighted by atomic mass is 10.2. The number of amides is 2. The van der Waals surface area contributed by atoms with Gasteiger partial charge in [-0.25, -0.2) is 0 Å². The molecule has 3 rings (SSSR count). The van der Waals surface area contributed by atoms with Crippen molar-refractivity contribution in [1.82, 2.24) is 14.8 Å². The predicted octanol–water partition coefficient (Wildman–Crippen LogP) is 1.43. The number of pyridine rings is 1. The Balaban J connectivity index is 1.61. The molecule has 0 spiro atoms. The first kappa shape index (κ1) is 13.4. The van der Waals surface area contributed by atoms with Gasteiger partial charge in [-0.3, -0.25) is 14.6 Å². The number of rotatable bonds is 2. The van der Waals surface area contributed by atoms with Crippen molar-refractivity contribution < 1.29 is 9.59 Å². The summed E-state index contributed by atoms with van der Waals surface area (Å²) in [4.78, 5) is 31.8. The molecule has 6 heteroatoms. The molecule has 2 heterocycles. The topological polar surface area (TPSA) is 53.5 Å². The van der Waals surface area contributed by atoms with Crippen LogP contribution in [0.25, 0.3) is 0 Å². The summed E-state index contributed by atoms with van der Waals surface area (Å²) in [6.07, 6.45) is 5.07. The molecule has 2 amide bonds. The van der Waals surface area contributed by atoms with E-state index in [1.807, 2.05) is 4.90 Å². The minimum absolute atomic E-state index is 0.0871. The molecule has 1 aliphatic heterocycles. The van der Waals surface area contributed by atoms with Crippen LogP contribution < -0.4 is 0 Å². The van der Waals surface area contributed by atoms with Gasteiger partial charge < -0.3 is 9.80 Å². The van der Waals surface area contributed by atoms with Crippen molar-refractivity contribution in [2.45, 2.75) is 12.8 Å². The van der Waals surface area contributed by atoms with E-state index in [2.05, 4.69) is 4.98 Å². The lowest BCUT2D eigenvalue weighted by Gasteiger charge is -2.35. The van der Waals surface area contributed by atoms with Crippen LogP contribution in [-0.4, -0.2) is 52.8 Å². The van der Waals surface area contributed by atoms with Gasteiger partial charge in [-0.1, -0.05) is 11.6 Å². The van der Waals surface area contributed by atoms with E-state index in [0.717, 1.165) is 12.8 Å². The van der Waals surface area contributed by atoms with Crippen LogP contribution in [0.4, 0.5) is 0 Å². The predicted molar refractivity (Wildman–Crippen MR) is 74.5 cm³/mol. The van der Waals surface area contributed by atoms with Gasteiger partial charge in [0, 0.05) is 44.5 Å². The van der Waals surface area contributed by atoms with Gasteiger partial charge in [0.25, 0.3) is 5.91 Å². The van der Waals surface area contributed by atoms with Crippen molar-refractivity contribution in [3.63, 3.8) is 0 Å². The van der Waals surface area contributed by atoms with Gasteiger partial charge >= 0.3 is 0 Å². The first-order chi connectivity index (χ1) is 9.66. The summed E-state index contributed by atoms with van der Waals surface area (Å²) in [6.45, 7) is 2.36. The average molecular weight is 294 g/mol. The molecule has 0 aromatic carbocycles. The van der Waals surface area contributed by atoms with Crippen molar-refractivity contribution in [3.8, 4) is 0 Å². The summed E-state index contributed by atoms with van der Waals surface area (Å²) in [6, 6.07) is 1.63. The molecule has 0 N–H and O–H groups in total. The lowest BCUT2D eigenvalue weighted by Crippen LogP contribution is -2.51. The molecule has 1 aromatic rings. The van der Waals surface area contributed by atoms with E-state index in [-0.39, 0.29) is 17.7 Å². The second kappa shape index (κ2) is 5.40.